The number of amides is 1. The Morgan fingerprint density at radius 1 is 1.00 bits per heavy atom. The molecular weight excluding hydrogens is 316 g/mol. The van der Waals surface area contributed by atoms with Gasteiger partial charge in [-0.25, -0.2) is 4.79 Å². The molecule has 0 saturated heterocycles. The zero-order chi connectivity index (χ0) is 17.4. The summed E-state index contributed by atoms with van der Waals surface area (Å²) < 4.78 is 9.96. The molecule has 0 unspecified atom stereocenters. The Morgan fingerprint density at radius 2 is 1.67 bits per heavy atom. The molecule has 0 fully saturated rings. The van der Waals surface area contributed by atoms with Crippen molar-refractivity contribution in [2.45, 2.75) is 0 Å². The molecule has 24 heavy (non-hydrogen) atoms. The topological polar surface area (TPSA) is 108 Å². The number of carbonyl (C=O) groups excluding carboxylic acids is 2. The number of ether oxygens (including phenoxy) is 2. The Balaban J connectivity index is 1.72. The lowest BCUT2D eigenvalue weighted by Gasteiger charge is -2.07. The summed E-state index contributed by atoms with van der Waals surface area (Å²) in [6, 6.07) is 14.0. The van der Waals surface area contributed by atoms with E-state index in [0.717, 1.165) is 0 Å². The number of benzene rings is 2. The predicted molar refractivity (Wildman–Crippen MR) is 84.6 cm³/mol. The van der Waals surface area contributed by atoms with Crippen LogP contribution in [0.4, 0.5) is 11.4 Å². The molecule has 0 aliphatic carbocycles. The molecule has 2 aromatic rings. The van der Waals surface area contributed by atoms with Gasteiger partial charge in [0.2, 0.25) is 0 Å². The standard InChI is InChI=1S/C16H14N2O6/c19-15(17-12-6-8-13(9-7-12)18(21)22)10-24-16(20)11-23-14-4-2-1-3-5-14/h1-9H,10-11H2,(H,17,19). The fourth-order valence-corrected chi connectivity index (χ4v) is 1.71. The third-order valence-corrected chi connectivity index (χ3v) is 2.83. The summed E-state index contributed by atoms with van der Waals surface area (Å²) >= 11 is 0. The first kappa shape index (κ1) is 16.9. The fourth-order valence-electron chi connectivity index (χ4n) is 1.71. The van der Waals surface area contributed by atoms with E-state index in [1.807, 2.05) is 6.07 Å². The number of para-hydroxylation sites is 1. The number of non-ortho nitro benzene ring substituents is 1. The maximum absolute atomic E-state index is 11.6. The Hall–Kier alpha value is -3.42. The van der Waals surface area contributed by atoms with Crippen molar-refractivity contribution in [3.8, 4) is 5.75 Å². The van der Waals surface area contributed by atoms with E-state index >= 15 is 0 Å². The van der Waals surface area contributed by atoms with Gasteiger partial charge in [-0.15, -0.1) is 0 Å². The highest BCUT2D eigenvalue weighted by Gasteiger charge is 2.10. The molecule has 2 aromatic carbocycles. The van der Waals surface area contributed by atoms with Gasteiger partial charge in [-0.1, -0.05) is 18.2 Å². The van der Waals surface area contributed by atoms with Crippen molar-refractivity contribution in [3.05, 3.63) is 64.7 Å². The highest BCUT2D eigenvalue weighted by molar-refractivity contribution is 5.92. The maximum Gasteiger partial charge on any atom is 0.344 e. The van der Waals surface area contributed by atoms with Gasteiger partial charge in [0, 0.05) is 17.8 Å². The molecule has 0 aliphatic rings. The van der Waals surface area contributed by atoms with Gasteiger partial charge in [-0.3, -0.25) is 14.9 Å². The minimum atomic E-state index is -0.683. The summed E-state index contributed by atoms with van der Waals surface area (Å²) in [5.74, 6) is -0.723. The number of nitro benzene ring substituents is 1. The minimum absolute atomic E-state index is 0.0857. The van der Waals surface area contributed by atoms with Crippen LogP contribution in [-0.4, -0.2) is 30.0 Å². The quantitative estimate of drug-likeness (QED) is 0.473. The molecular formula is C16H14N2O6. The number of carbonyl (C=O) groups is 2. The lowest BCUT2D eigenvalue weighted by molar-refractivity contribution is -0.384. The lowest BCUT2D eigenvalue weighted by atomic mass is 10.3. The number of anilines is 1. The molecule has 0 saturated carbocycles. The summed E-state index contributed by atoms with van der Waals surface area (Å²) in [6.07, 6.45) is 0. The second kappa shape index (κ2) is 8.28. The summed E-state index contributed by atoms with van der Waals surface area (Å²) in [5.41, 5.74) is 0.277. The van der Waals surface area contributed by atoms with Crippen molar-refractivity contribution in [2.75, 3.05) is 18.5 Å². The summed E-state index contributed by atoms with van der Waals surface area (Å²) in [5, 5.41) is 13.0. The van der Waals surface area contributed by atoms with Crippen LogP contribution >= 0.6 is 0 Å². The smallest absolute Gasteiger partial charge is 0.344 e. The largest absolute Gasteiger partial charge is 0.482 e. The first-order valence-electron chi connectivity index (χ1n) is 6.92. The van der Waals surface area contributed by atoms with Gasteiger partial charge >= 0.3 is 5.97 Å². The van der Waals surface area contributed by atoms with Crippen LogP contribution in [-0.2, 0) is 14.3 Å². The number of hydrogen-bond donors (Lipinski definition) is 1. The number of nitrogens with zero attached hydrogens (tertiary/aromatic N) is 1. The molecule has 124 valence electrons. The van der Waals surface area contributed by atoms with Gasteiger partial charge in [0.25, 0.3) is 11.6 Å². The number of nitro groups is 1. The van der Waals surface area contributed by atoms with Gasteiger partial charge in [0.1, 0.15) is 5.75 Å². The second-order valence-electron chi connectivity index (χ2n) is 4.61. The van der Waals surface area contributed by atoms with Crippen molar-refractivity contribution in [1.29, 1.82) is 0 Å². The van der Waals surface area contributed by atoms with E-state index in [1.165, 1.54) is 24.3 Å². The van der Waals surface area contributed by atoms with Crippen molar-refractivity contribution < 1.29 is 24.0 Å². The van der Waals surface area contributed by atoms with E-state index in [9.17, 15) is 19.7 Å². The molecule has 1 N–H and O–H groups in total. The molecule has 0 bridgehead atoms. The zero-order valence-electron chi connectivity index (χ0n) is 12.5. The molecule has 0 aromatic heterocycles. The van der Waals surface area contributed by atoms with Gasteiger partial charge < -0.3 is 14.8 Å². The van der Waals surface area contributed by atoms with Crippen LogP contribution in [0, 0.1) is 10.1 Å². The average Bonchev–Trinajstić information content (AvgIpc) is 2.59. The Kier molecular flexibility index (Phi) is 5.84. The Bertz CT molecular complexity index is 715. The first-order chi connectivity index (χ1) is 11.5. The fraction of sp³-hybridized carbons (Fsp3) is 0.125. The highest BCUT2D eigenvalue weighted by Crippen LogP contribution is 2.15. The van der Waals surface area contributed by atoms with E-state index < -0.39 is 23.4 Å². The van der Waals surface area contributed by atoms with E-state index in [0.29, 0.717) is 11.4 Å². The molecule has 0 aliphatic heterocycles. The first-order valence-corrected chi connectivity index (χ1v) is 6.92. The van der Waals surface area contributed by atoms with Crippen LogP contribution in [0.5, 0.6) is 5.75 Å². The predicted octanol–water partition coefficient (Wildman–Crippen LogP) is 2.16. The molecule has 1 amide bonds. The van der Waals surface area contributed by atoms with Crippen molar-refractivity contribution in [3.63, 3.8) is 0 Å². The van der Waals surface area contributed by atoms with Crippen LogP contribution in [0.25, 0.3) is 0 Å². The molecule has 0 heterocycles. The Labute approximate surface area is 137 Å². The maximum atomic E-state index is 11.6. The van der Waals surface area contributed by atoms with Gasteiger partial charge in [-0.2, -0.15) is 0 Å². The lowest BCUT2D eigenvalue weighted by Crippen LogP contribution is -2.23. The number of hydrogen-bond acceptors (Lipinski definition) is 6. The third-order valence-electron chi connectivity index (χ3n) is 2.83. The summed E-state index contributed by atoms with van der Waals surface area (Å²) in [4.78, 5) is 33.1. The summed E-state index contributed by atoms with van der Waals surface area (Å²) in [7, 11) is 0. The zero-order valence-corrected chi connectivity index (χ0v) is 12.5. The monoisotopic (exact) mass is 330 g/mol. The third kappa shape index (κ3) is 5.41. The second-order valence-corrected chi connectivity index (χ2v) is 4.61. The molecule has 8 nitrogen and oxygen atoms in total. The molecule has 0 radical (unpaired) electrons. The van der Waals surface area contributed by atoms with Crippen LogP contribution in [0.2, 0.25) is 0 Å². The number of nitrogens with one attached hydrogen (secondary N) is 1. The van der Waals surface area contributed by atoms with Crippen molar-refractivity contribution >= 4 is 23.3 Å². The van der Waals surface area contributed by atoms with E-state index in [4.69, 9.17) is 9.47 Å². The molecule has 8 heteroatoms. The van der Waals surface area contributed by atoms with Crippen LogP contribution in [0.15, 0.2) is 54.6 Å². The van der Waals surface area contributed by atoms with E-state index in [-0.39, 0.29) is 12.3 Å². The number of esters is 1. The molecule has 2 rings (SSSR count). The van der Waals surface area contributed by atoms with Crippen molar-refractivity contribution in [1.82, 2.24) is 0 Å². The van der Waals surface area contributed by atoms with Crippen LogP contribution in [0.1, 0.15) is 0 Å². The van der Waals surface area contributed by atoms with Gasteiger partial charge in [-0.05, 0) is 24.3 Å². The average molecular weight is 330 g/mol. The normalized spacial score (nSPS) is 9.83. The van der Waals surface area contributed by atoms with Crippen LogP contribution < -0.4 is 10.1 Å². The molecule has 0 spiro atoms. The van der Waals surface area contributed by atoms with Crippen molar-refractivity contribution in [2.24, 2.45) is 0 Å². The Morgan fingerprint density at radius 3 is 2.29 bits per heavy atom. The van der Waals surface area contributed by atoms with Gasteiger partial charge in [0.05, 0.1) is 4.92 Å². The van der Waals surface area contributed by atoms with E-state index in [2.05, 4.69) is 5.32 Å². The summed E-state index contributed by atoms with van der Waals surface area (Å²) in [6.45, 7) is -0.789. The van der Waals surface area contributed by atoms with Gasteiger partial charge in [0.15, 0.2) is 13.2 Å². The minimum Gasteiger partial charge on any atom is -0.482 e. The number of rotatable bonds is 7. The molecule has 0 atom stereocenters. The van der Waals surface area contributed by atoms with E-state index in [1.54, 1.807) is 24.3 Å². The highest BCUT2D eigenvalue weighted by atomic mass is 16.6. The van der Waals surface area contributed by atoms with Crippen LogP contribution in [0.3, 0.4) is 0 Å². The SMILES string of the molecule is O=C(COC(=O)COc1ccccc1)Nc1ccc([N+](=O)[O-])cc1.